The zero-order chi connectivity index (χ0) is 9.23. The molecule has 1 aromatic heterocycles. The lowest BCUT2D eigenvalue weighted by Crippen LogP contribution is -2.05. The molecule has 1 heterocycles. The van der Waals surface area contributed by atoms with Crippen molar-refractivity contribution < 1.29 is 4.74 Å². The van der Waals surface area contributed by atoms with Crippen LogP contribution >= 0.6 is 0 Å². The Morgan fingerprint density at radius 1 is 1.50 bits per heavy atom. The van der Waals surface area contributed by atoms with Crippen LogP contribution in [0.2, 0.25) is 0 Å². The molecule has 1 aromatic rings. The van der Waals surface area contributed by atoms with Crippen LogP contribution < -0.4 is 5.56 Å². The number of hydrogen-bond donors (Lipinski definition) is 1. The molecular formula is C7H13N3O2. The Morgan fingerprint density at radius 2 is 2.17 bits per heavy atom. The molecule has 0 unspecified atom stereocenters. The molecular weight excluding hydrogens is 158 g/mol. The highest BCUT2D eigenvalue weighted by Crippen LogP contribution is 1.64. The van der Waals surface area contributed by atoms with E-state index in [1.54, 1.807) is 0 Å². The molecule has 0 radical (unpaired) electrons. The number of nitrogens with zero attached hydrogens (tertiary/aromatic N) is 2. The van der Waals surface area contributed by atoms with Crippen LogP contribution in [0.4, 0.5) is 0 Å². The van der Waals surface area contributed by atoms with Crippen LogP contribution in [-0.2, 0) is 4.74 Å². The number of rotatable bonds is 2. The Labute approximate surface area is 70.8 Å². The SMILES string of the molecule is CCOCC.O=c1ccnn[nH]1. The monoisotopic (exact) mass is 171 g/mol. The predicted octanol–water partition coefficient (Wildman–Crippen LogP) is 0.208. The summed E-state index contributed by atoms with van der Waals surface area (Å²) in [5.74, 6) is 0. The van der Waals surface area contributed by atoms with Gasteiger partial charge in [-0.1, -0.05) is 5.21 Å². The largest absolute Gasteiger partial charge is 0.382 e. The van der Waals surface area contributed by atoms with E-state index >= 15 is 0 Å². The van der Waals surface area contributed by atoms with Crippen molar-refractivity contribution in [2.75, 3.05) is 13.2 Å². The van der Waals surface area contributed by atoms with Gasteiger partial charge in [0, 0.05) is 19.3 Å². The molecule has 0 amide bonds. The number of aromatic nitrogens is 3. The van der Waals surface area contributed by atoms with E-state index in [-0.39, 0.29) is 5.56 Å². The quantitative estimate of drug-likeness (QED) is 0.690. The maximum absolute atomic E-state index is 10.1. The molecule has 0 atom stereocenters. The maximum atomic E-state index is 10.1. The van der Waals surface area contributed by atoms with Gasteiger partial charge in [-0.25, -0.2) is 5.10 Å². The van der Waals surface area contributed by atoms with Gasteiger partial charge in [0.25, 0.3) is 5.56 Å². The van der Waals surface area contributed by atoms with E-state index in [1.165, 1.54) is 12.3 Å². The molecule has 0 aliphatic heterocycles. The van der Waals surface area contributed by atoms with Crippen LogP contribution in [0, 0.1) is 0 Å². The van der Waals surface area contributed by atoms with Crippen molar-refractivity contribution in [1.82, 2.24) is 15.4 Å². The Balaban J connectivity index is 0.000000217. The second kappa shape index (κ2) is 7.87. The summed E-state index contributed by atoms with van der Waals surface area (Å²) < 4.78 is 4.83. The van der Waals surface area contributed by atoms with Gasteiger partial charge in [-0.3, -0.25) is 4.79 Å². The van der Waals surface area contributed by atoms with Gasteiger partial charge in [0.05, 0.1) is 6.20 Å². The van der Waals surface area contributed by atoms with E-state index < -0.39 is 0 Å². The Kier molecular flexibility index (Phi) is 7.07. The zero-order valence-electron chi connectivity index (χ0n) is 7.28. The van der Waals surface area contributed by atoms with Crippen molar-refractivity contribution in [3.63, 3.8) is 0 Å². The first kappa shape index (κ1) is 10.8. The highest BCUT2D eigenvalue weighted by molar-refractivity contribution is 4.72. The summed E-state index contributed by atoms with van der Waals surface area (Å²) in [5, 5.41) is 8.65. The topological polar surface area (TPSA) is 67.9 Å². The number of nitrogens with one attached hydrogen (secondary N) is 1. The van der Waals surface area contributed by atoms with Crippen LogP contribution in [0.5, 0.6) is 0 Å². The number of hydrogen-bond acceptors (Lipinski definition) is 4. The minimum absolute atomic E-state index is 0.227. The third kappa shape index (κ3) is 6.88. The third-order valence-corrected chi connectivity index (χ3v) is 0.919. The minimum atomic E-state index is -0.227. The fraction of sp³-hybridized carbons (Fsp3) is 0.571. The summed E-state index contributed by atoms with van der Waals surface area (Å²) in [4.78, 5) is 10.1. The Hall–Kier alpha value is -1.23. The van der Waals surface area contributed by atoms with Gasteiger partial charge < -0.3 is 4.74 Å². The molecule has 0 aliphatic carbocycles. The lowest BCUT2D eigenvalue weighted by Gasteiger charge is -1.86. The molecule has 12 heavy (non-hydrogen) atoms. The molecule has 0 spiro atoms. The third-order valence-electron chi connectivity index (χ3n) is 0.919. The maximum Gasteiger partial charge on any atom is 0.267 e. The number of ether oxygens (including phenoxy) is 1. The van der Waals surface area contributed by atoms with Crippen molar-refractivity contribution in [2.45, 2.75) is 13.8 Å². The molecule has 5 nitrogen and oxygen atoms in total. The molecule has 5 heteroatoms. The Morgan fingerprint density at radius 3 is 2.33 bits per heavy atom. The van der Waals surface area contributed by atoms with Gasteiger partial charge in [0.2, 0.25) is 0 Å². The molecule has 68 valence electrons. The van der Waals surface area contributed by atoms with Gasteiger partial charge in [-0.15, -0.1) is 5.10 Å². The van der Waals surface area contributed by atoms with Gasteiger partial charge in [0.1, 0.15) is 0 Å². The normalized spacial score (nSPS) is 8.50. The van der Waals surface area contributed by atoms with E-state index in [1.807, 2.05) is 13.8 Å². The lowest BCUT2D eigenvalue weighted by molar-refractivity contribution is 0.162. The molecule has 0 aromatic carbocycles. The van der Waals surface area contributed by atoms with Crippen molar-refractivity contribution in [1.29, 1.82) is 0 Å². The van der Waals surface area contributed by atoms with Gasteiger partial charge in [0.15, 0.2) is 0 Å². The van der Waals surface area contributed by atoms with Crippen molar-refractivity contribution in [3.8, 4) is 0 Å². The second-order valence-electron chi connectivity index (χ2n) is 1.79. The average molecular weight is 171 g/mol. The van der Waals surface area contributed by atoms with E-state index in [0.717, 1.165) is 13.2 Å². The van der Waals surface area contributed by atoms with E-state index in [9.17, 15) is 4.79 Å². The van der Waals surface area contributed by atoms with Gasteiger partial charge >= 0.3 is 0 Å². The van der Waals surface area contributed by atoms with Crippen LogP contribution in [0.1, 0.15) is 13.8 Å². The minimum Gasteiger partial charge on any atom is -0.382 e. The van der Waals surface area contributed by atoms with Gasteiger partial charge in [-0.05, 0) is 13.8 Å². The summed E-state index contributed by atoms with van der Waals surface area (Å²) in [7, 11) is 0. The van der Waals surface area contributed by atoms with E-state index in [0.29, 0.717) is 0 Å². The first-order valence-electron chi connectivity index (χ1n) is 3.75. The van der Waals surface area contributed by atoms with Crippen LogP contribution in [0.15, 0.2) is 17.1 Å². The first-order valence-corrected chi connectivity index (χ1v) is 3.75. The molecule has 1 rings (SSSR count). The molecule has 0 saturated heterocycles. The fourth-order valence-corrected chi connectivity index (χ4v) is 0.454. The lowest BCUT2D eigenvalue weighted by atomic mass is 10.7. The highest BCUT2D eigenvalue weighted by atomic mass is 16.5. The molecule has 0 fully saturated rings. The first-order chi connectivity index (χ1) is 5.81. The van der Waals surface area contributed by atoms with E-state index in [4.69, 9.17) is 4.74 Å². The summed E-state index contributed by atoms with van der Waals surface area (Å²) >= 11 is 0. The average Bonchev–Trinajstić information content (AvgIpc) is 2.08. The highest BCUT2D eigenvalue weighted by Gasteiger charge is 1.71. The predicted molar refractivity (Wildman–Crippen MR) is 44.8 cm³/mol. The summed E-state index contributed by atoms with van der Waals surface area (Å²) in [6.07, 6.45) is 1.33. The fourth-order valence-electron chi connectivity index (χ4n) is 0.454. The number of H-pyrrole nitrogens is 1. The van der Waals surface area contributed by atoms with Crippen molar-refractivity contribution in [3.05, 3.63) is 22.6 Å². The van der Waals surface area contributed by atoms with Crippen molar-refractivity contribution >= 4 is 0 Å². The second-order valence-corrected chi connectivity index (χ2v) is 1.79. The molecule has 0 bridgehead atoms. The molecule has 0 aliphatic rings. The summed E-state index contributed by atoms with van der Waals surface area (Å²) in [6, 6.07) is 1.30. The zero-order valence-corrected chi connectivity index (χ0v) is 7.28. The standard InChI is InChI=1S/C4H10O.C3H3N3O/c1-3-5-4-2;7-3-1-2-4-6-5-3/h3-4H2,1-2H3;1-2H,(H,4,5,7). The summed E-state index contributed by atoms with van der Waals surface area (Å²) in [5.41, 5.74) is -0.227. The van der Waals surface area contributed by atoms with E-state index in [2.05, 4.69) is 15.4 Å². The molecule has 1 N–H and O–H groups in total. The van der Waals surface area contributed by atoms with Crippen molar-refractivity contribution in [2.24, 2.45) is 0 Å². The Bertz CT molecular complexity index is 217. The smallest absolute Gasteiger partial charge is 0.267 e. The van der Waals surface area contributed by atoms with Crippen LogP contribution in [0.3, 0.4) is 0 Å². The van der Waals surface area contributed by atoms with Crippen LogP contribution in [0.25, 0.3) is 0 Å². The molecule has 0 saturated carbocycles. The van der Waals surface area contributed by atoms with Gasteiger partial charge in [-0.2, -0.15) is 0 Å². The number of aromatic amines is 1. The van der Waals surface area contributed by atoms with Crippen LogP contribution in [-0.4, -0.2) is 28.6 Å². The summed E-state index contributed by atoms with van der Waals surface area (Å²) in [6.45, 7) is 5.67.